The monoisotopic (exact) mass is 332 g/mol. The summed E-state index contributed by atoms with van der Waals surface area (Å²) in [7, 11) is 1.57. The summed E-state index contributed by atoms with van der Waals surface area (Å²) in [6, 6.07) is 11.4. The third-order valence-electron chi connectivity index (χ3n) is 3.62. The Hall–Kier alpha value is -2.60. The number of anilines is 1. The van der Waals surface area contributed by atoms with E-state index in [0.717, 1.165) is 5.56 Å². The van der Waals surface area contributed by atoms with E-state index in [9.17, 15) is 14.3 Å². The fraction of sp³-hybridized carbons (Fsp3) is 0.278. The summed E-state index contributed by atoms with van der Waals surface area (Å²) >= 11 is 0. The number of methoxy groups -OCH3 is 1. The Morgan fingerprint density at radius 3 is 2.71 bits per heavy atom. The zero-order valence-electron chi connectivity index (χ0n) is 13.8. The maximum absolute atomic E-state index is 13.3. The molecule has 2 rings (SSSR count). The van der Waals surface area contributed by atoms with Crippen LogP contribution in [-0.4, -0.2) is 36.3 Å². The number of hydrogen-bond acceptors (Lipinski definition) is 3. The van der Waals surface area contributed by atoms with Crippen LogP contribution in [0, 0.1) is 12.7 Å². The zero-order chi connectivity index (χ0) is 17.5. The van der Waals surface area contributed by atoms with Gasteiger partial charge in [0.25, 0.3) is 0 Å². The molecule has 0 spiro atoms. The molecule has 6 heteroatoms. The molecule has 0 fully saturated rings. The number of nitrogens with zero attached hydrogens (tertiary/aromatic N) is 1. The van der Waals surface area contributed by atoms with Gasteiger partial charge in [0, 0.05) is 17.8 Å². The van der Waals surface area contributed by atoms with Crippen molar-refractivity contribution < 1.29 is 19.0 Å². The largest absolute Gasteiger partial charge is 0.496 e. The van der Waals surface area contributed by atoms with Gasteiger partial charge in [0.1, 0.15) is 11.6 Å². The topological polar surface area (TPSA) is 61.8 Å². The summed E-state index contributed by atoms with van der Waals surface area (Å²) in [5.41, 5.74) is 1.78. The molecule has 128 valence electrons. The molecule has 0 aliphatic heterocycles. The first-order valence-electron chi connectivity index (χ1n) is 7.60. The summed E-state index contributed by atoms with van der Waals surface area (Å²) in [4.78, 5) is 13.9. The van der Waals surface area contributed by atoms with Crippen LogP contribution in [0.5, 0.6) is 5.75 Å². The van der Waals surface area contributed by atoms with E-state index in [-0.39, 0.29) is 31.5 Å². The van der Waals surface area contributed by atoms with Crippen LogP contribution in [0.2, 0.25) is 0 Å². The molecular weight excluding hydrogens is 311 g/mol. The maximum atomic E-state index is 13.3. The van der Waals surface area contributed by atoms with Gasteiger partial charge in [-0.05, 0) is 36.8 Å². The summed E-state index contributed by atoms with van der Waals surface area (Å²) < 4.78 is 18.6. The van der Waals surface area contributed by atoms with Gasteiger partial charge in [-0.2, -0.15) is 0 Å². The smallest absolute Gasteiger partial charge is 0.322 e. The number of ether oxygens (including phenoxy) is 1. The van der Waals surface area contributed by atoms with Crippen molar-refractivity contribution in [3.8, 4) is 5.75 Å². The number of para-hydroxylation sites is 1. The summed E-state index contributed by atoms with van der Waals surface area (Å²) in [6.07, 6.45) is 0. The van der Waals surface area contributed by atoms with Crippen LogP contribution in [-0.2, 0) is 6.54 Å². The van der Waals surface area contributed by atoms with Crippen molar-refractivity contribution in [3.05, 3.63) is 59.4 Å². The molecule has 24 heavy (non-hydrogen) atoms. The number of carbonyl (C=O) groups excluding carboxylic acids is 1. The zero-order valence-corrected chi connectivity index (χ0v) is 13.8. The molecule has 2 aromatic carbocycles. The van der Waals surface area contributed by atoms with Gasteiger partial charge in [-0.1, -0.05) is 18.2 Å². The number of urea groups is 1. The number of halogens is 1. The Labute approximate surface area is 140 Å². The molecule has 0 bridgehead atoms. The van der Waals surface area contributed by atoms with Crippen LogP contribution in [0.25, 0.3) is 0 Å². The van der Waals surface area contributed by atoms with Gasteiger partial charge in [-0.3, -0.25) is 0 Å². The summed E-state index contributed by atoms with van der Waals surface area (Å²) in [5.74, 6) is 0.347. The molecule has 0 heterocycles. The number of hydrogen-bond donors (Lipinski definition) is 2. The number of amides is 2. The molecule has 0 atom stereocenters. The molecule has 0 aliphatic carbocycles. The lowest BCUT2D eigenvalue weighted by Crippen LogP contribution is -2.36. The Morgan fingerprint density at radius 2 is 2.04 bits per heavy atom. The van der Waals surface area contributed by atoms with Crippen LogP contribution < -0.4 is 10.1 Å². The lowest BCUT2D eigenvalue weighted by Gasteiger charge is -2.23. The van der Waals surface area contributed by atoms with Crippen molar-refractivity contribution in [2.24, 2.45) is 0 Å². The van der Waals surface area contributed by atoms with E-state index >= 15 is 0 Å². The molecule has 5 nitrogen and oxygen atoms in total. The SMILES string of the molecule is COc1ccccc1CN(CCO)C(=O)Nc1ccc(F)c(C)c1. The van der Waals surface area contributed by atoms with E-state index in [1.807, 2.05) is 24.3 Å². The van der Waals surface area contributed by atoms with Crippen molar-refractivity contribution >= 4 is 11.7 Å². The number of carbonyl (C=O) groups is 1. The van der Waals surface area contributed by atoms with E-state index < -0.39 is 0 Å². The first-order valence-corrected chi connectivity index (χ1v) is 7.60. The van der Waals surface area contributed by atoms with Crippen LogP contribution in [0.3, 0.4) is 0 Å². The van der Waals surface area contributed by atoms with E-state index in [2.05, 4.69) is 5.32 Å². The molecule has 2 aromatic rings. The minimum Gasteiger partial charge on any atom is -0.496 e. The van der Waals surface area contributed by atoms with Gasteiger partial charge in [0.05, 0.1) is 20.3 Å². The number of nitrogens with one attached hydrogen (secondary N) is 1. The average molecular weight is 332 g/mol. The third kappa shape index (κ3) is 4.45. The van der Waals surface area contributed by atoms with Gasteiger partial charge in [0.2, 0.25) is 0 Å². The lowest BCUT2D eigenvalue weighted by atomic mass is 10.2. The highest BCUT2D eigenvalue weighted by molar-refractivity contribution is 5.89. The second-order valence-corrected chi connectivity index (χ2v) is 5.35. The molecule has 2 N–H and O–H groups in total. The quantitative estimate of drug-likeness (QED) is 0.854. The molecule has 2 amide bonds. The van der Waals surface area contributed by atoms with Crippen LogP contribution in [0.4, 0.5) is 14.9 Å². The Bertz CT molecular complexity index is 706. The first kappa shape index (κ1) is 17.7. The molecule has 0 radical (unpaired) electrons. The van der Waals surface area contributed by atoms with Gasteiger partial charge < -0.3 is 20.1 Å². The fourth-order valence-corrected chi connectivity index (χ4v) is 2.34. The Morgan fingerprint density at radius 1 is 1.29 bits per heavy atom. The van der Waals surface area contributed by atoms with Crippen molar-refractivity contribution in [2.45, 2.75) is 13.5 Å². The predicted octanol–water partition coefficient (Wildman–Crippen LogP) is 3.17. The van der Waals surface area contributed by atoms with E-state index in [1.54, 1.807) is 20.1 Å². The molecule has 0 saturated carbocycles. The van der Waals surface area contributed by atoms with Gasteiger partial charge in [0.15, 0.2) is 0 Å². The Balaban J connectivity index is 2.13. The number of rotatable bonds is 6. The maximum Gasteiger partial charge on any atom is 0.322 e. The van der Waals surface area contributed by atoms with Crippen molar-refractivity contribution in [2.75, 3.05) is 25.6 Å². The van der Waals surface area contributed by atoms with E-state index in [0.29, 0.717) is 17.0 Å². The molecular formula is C18H21FN2O3. The minimum atomic E-state index is -0.374. The molecule has 0 unspecified atom stereocenters. The highest BCUT2D eigenvalue weighted by Crippen LogP contribution is 2.20. The summed E-state index contributed by atoms with van der Waals surface area (Å²) in [5, 5.41) is 12.0. The van der Waals surface area contributed by atoms with E-state index in [1.165, 1.54) is 17.0 Å². The molecule has 0 aliphatic rings. The average Bonchev–Trinajstić information content (AvgIpc) is 2.58. The van der Waals surface area contributed by atoms with Gasteiger partial charge in [-0.25, -0.2) is 9.18 Å². The predicted molar refractivity (Wildman–Crippen MR) is 90.6 cm³/mol. The van der Waals surface area contributed by atoms with Gasteiger partial charge >= 0.3 is 6.03 Å². The number of benzene rings is 2. The molecule has 0 saturated heterocycles. The fourth-order valence-electron chi connectivity index (χ4n) is 2.34. The lowest BCUT2D eigenvalue weighted by molar-refractivity contribution is 0.184. The van der Waals surface area contributed by atoms with Gasteiger partial charge in [-0.15, -0.1) is 0 Å². The number of aliphatic hydroxyl groups is 1. The van der Waals surface area contributed by atoms with Crippen LogP contribution in [0.15, 0.2) is 42.5 Å². The standard InChI is InChI=1S/C18H21FN2O3/c1-13-11-15(7-8-16(13)19)20-18(23)21(9-10-22)12-14-5-3-4-6-17(14)24-2/h3-8,11,22H,9-10,12H2,1-2H3,(H,20,23). The summed E-state index contributed by atoms with van der Waals surface area (Å²) in [6.45, 7) is 1.93. The van der Waals surface area contributed by atoms with Crippen molar-refractivity contribution in [3.63, 3.8) is 0 Å². The number of aliphatic hydroxyl groups excluding tert-OH is 1. The minimum absolute atomic E-state index is 0.162. The highest BCUT2D eigenvalue weighted by atomic mass is 19.1. The van der Waals surface area contributed by atoms with E-state index in [4.69, 9.17) is 4.74 Å². The first-order chi connectivity index (χ1) is 11.5. The number of aryl methyl sites for hydroxylation is 1. The van der Waals surface area contributed by atoms with Crippen molar-refractivity contribution in [1.82, 2.24) is 4.90 Å². The van der Waals surface area contributed by atoms with Crippen molar-refractivity contribution in [1.29, 1.82) is 0 Å². The van der Waals surface area contributed by atoms with Crippen LogP contribution in [0.1, 0.15) is 11.1 Å². The normalized spacial score (nSPS) is 10.3. The second kappa shape index (κ2) is 8.31. The Kier molecular flexibility index (Phi) is 6.14. The second-order valence-electron chi connectivity index (χ2n) is 5.35. The van der Waals surface area contributed by atoms with Crippen LogP contribution >= 0.6 is 0 Å². The molecule has 0 aromatic heterocycles. The third-order valence-corrected chi connectivity index (χ3v) is 3.62. The highest BCUT2D eigenvalue weighted by Gasteiger charge is 2.16.